The molecule has 0 radical (unpaired) electrons. The van der Waals surface area contributed by atoms with E-state index in [-0.39, 0.29) is 5.91 Å². The standard InChI is InChI=1S/C21H21N3OS3/c25-18(21(12-4-5-13-21)17-11-7-14-26-17)22-19-23-24-20(28-19)27-15-6-10-16-8-2-1-3-9-16/h1-3,6-11,14H,4-5,12-13,15H2,(H,22,23,25)/b10-6+. The topological polar surface area (TPSA) is 54.9 Å². The fourth-order valence-electron chi connectivity index (χ4n) is 3.52. The number of thioether (sulfide) groups is 1. The Kier molecular flexibility index (Phi) is 6.24. The molecule has 1 fully saturated rings. The number of nitrogens with zero attached hydrogens (tertiary/aromatic N) is 2. The van der Waals surface area contributed by atoms with Crippen LogP contribution in [0, 0.1) is 0 Å². The van der Waals surface area contributed by atoms with Gasteiger partial charge in [-0.3, -0.25) is 10.1 Å². The Morgan fingerprint density at radius 2 is 1.96 bits per heavy atom. The lowest BCUT2D eigenvalue weighted by atomic mass is 9.83. The van der Waals surface area contributed by atoms with Crippen LogP contribution < -0.4 is 5.32 Å². The largest absolute Gasteiger partial charge is 0.300 e. The van der Waals surface area contributed by atoms with Crippen molar-refractivity contribution in [2.24, 2.45) is 0 Å². The molecule has 1 aliphatic carbocycles. The molecule has 2 aromatic heterocycles. The lowest BCUT2D eigenvalue weighted by Crippen LogP contribution is -2.37. The maximum absolute atomic E-state index is 13.1. The molecule has 4 nitrogen and oxygen atoms in total. The molecule has 0 aliphatic heterocycles. The third-order valence-corrected chi connectivity index (χ3v) is 7.92. The van der Waals surface area contributed by atoms with Crippen LogP contribution in [0.2, 0.25) is 0 Å². The van der Waals surface area contributed by atoms with Gasteiger partial charge in [0.05, 0.1) is 5.41 Å². The number of carbonyl (C=O) groups excluding carboxylic acids is 1. The third-order valence-electron chi connectivity index (χ3n) is 4.92. The van der Waals surface area contributed by atoms with E-state index in [1.54, 1.807) is 23.1 Å². The van der Waals surface area contributed by atoms with Crippen LogP contribution >= 0.6 is 34.4 Å². The van der Waals surface area contributed by atoms with Gasteiger partial charge in [0, 0.05) is 10.6 Å². The monoisotopic (exact) mass is 427 g/mol. The van der Waals surface area contributed by atoms with Crippen molar-refractivity contribution < 1.29 is 4.79 Å². The van der Waals surface area contributed by atoms with Gasteiger partial charge in [-0.2, -0.15) is 0 Å². The van der Waals surface area contributed by atoms with Crippen molar-refractivity contribution in [1.82, 2.24) is 10.2 Å². The molecule has 0 bridgehead atoms. The van der Waals surface area contributed by atoms with E-state index in [0.717, 1.165) is 40.7 Å². The lowest BCUT2D eigenvalue weighted by molar-refractivity contribution is -0.121. The van der Waals surface area contributed by atoms with Gasteiger partial charge in [-0.15, -0.1) is 21.5 Å². The Balaban J connectivity index is 1.35. The third kappa shape index (κ3) is 4.37. The maximum Gasteiger partial charge on any atom is 0.237 e. The number of anilines is 1. The van der Waals surface area contributed by atoms with Crippen molar-refractivity contribution in [2.75, 3.05) is 11.1 Å². The average molecular weight is 428 g/mol. The molecule has 1 saturated carbocycles. The van der Waals surface area contributed by atoms with E-state index < -0.39 is 5.41 Å². The summed E-state index contributed by atoms with van der Waals surface area (Å²) in [4.78, 5) is 14.2. The Hall–Kier alpha value is -1.96. The van der Waals surface area contributed by atoms with E-state index in [1.807, 2.05) is 29.6 Å². The molecule has 0 atom stereocenters. The van der Waals surface area contributed by atoms with Gasteiger partial charge in [0.1, 0.15) is 0 Å². The number of thiophene rings is 1. The molecule has 144 valence electrons. The average Bonchev–Trinajstić information content (AvgIpc) is 3.47. The van der Waals surface area contributed by atoms with Gasteiger partial charge in [-0.25, -0.2) is 0 Å². The van der Waals surface area contributed by atoms with Crippen molar-refractivity contribution in [3.63, 3.8) is 0 Å². The highest BCUT2D eigenvalue weighted by Gasteiger charge is 2.43. The number of rotatable bonds is 7. The molecule has 0 unspecified atom stereocenters. The summed E-state index contributed by atoms with van der Waals surface area (Å²) in [6, 6.07) is 14.3. The molecule has 0 saturated heterocycles. The first kappa shape index (κ1) is 19.4. The van der Waals surface area contributed by atoms with E-state index >= 15 is 0 Å². The van der Waals surface area contributed by atoms with Crippen LogP contribution in [0.5, 0.6) is 0 Å². The minimum atomic E-state index is -0.397. The molecular weight excluding hydrogens is 406 g/mol. The van der Waals surface area contributed by atoms with E-state index in [1.165, 1.54) is 16.9 Å². The van der Waals surface area contributed by atoms with Crippen LogP contribution in [0.1, 0.15) is 36.1 Å². The number of carbonyl (C=O) groups is 1. The van der Waals surface area contributed by atoms with Crippen molar-refractivity contribution in [1.29, 1.82) is 0 Å². The predicted molar refractivity (Wildman–Crippen MR) is 119 cm³/mol. The molecule has 3 aromatic rings. The van der Waals surface area contributed by atoms with Crippen molar-refractivity contribution in [3.8, 4) is 0 Å². The molecule has 7 heteroatoms. The summed E-state index contributed by atoms with van der Waals surface area (Å²) in [6.07, 6.45) is 8.21. The molecule has 2 heterocycles. The Bertz CT molecular complexity index is 929. The SMILES string of the molecule is O=C(Nc1nnc(SC/C=C/c2ccccc2)s1)C1(c2cccs2)CCCC1. The van der Waals surface area contributed by atoms with Crippen molar-refractivity contribution in [3.05, 3.63) is 64.4 Å². The second-order valence-electron chi connectivity index (χ2n) is 6.72. The Morgan fingerprint density at radius 1 is 1.14 bits per heavy atom. The zero-order valence-corrected chi connectivity index (χ0v) is 17.8. The first-order valence-corrected chi connectivity index (χ1v) is 12.0. The summed E-state index contributed by atoms with van der Waals surface area (Å²) in [5.41, 5.74) is 0.787. The fraction of sp³-hybridized carbons (Fsp3) is 0.286. The number of hydrogen-bond acceptors (Lipinski definition) is 6. The number of amides is 1. The van der Waals surface area contributed by atoms with Gasteiger partial charge < -0.3 is 0 Å². The molecule has 1 amide bonds. The van der Waals surface area contributed by atoms with Crippen molar-refractivity contribution in [2.45, 2.75) is 35.4 Å². The predicted octanol–water partition coefficient (Wildman–Crippen LogP) is 5.86. The summed E-state index contributed by atoms with van der Waals surface area (Å²) in [5.74, 6) is 0.875. The second kappa shape index (κ2) is 9.03. The number of nitrogens with one attached hydrogen (secondary N) is 1. The highest BCUT2D eigenvalue weighted by atomic mass is 32.2. The minimum Gasteiger partial charge on any atom is -0.300 e. The molecule has 1 aliphatic rings. The highest BCUT2D eigenvalue weighted by molar-refractivity contribution is 8.01. The molecule has 4 rings (SSSR count). The zero-order chi connectivity index (χ0) is 19.2. The summed E-state index contributed by atoms with van der Waals surface area (Å²) in [6.45, 7) is 0. The molecule has 1 N–H and O–H groups in total. The van der Waals surface area contributed by atoms with E-state index in [2.05, 4.69) is 45.9 Å². The molecular formula is C21H21N3OS3. The number of aromatic nitrogens is 2. The van der Waals surface area contributed by atoms with Crippen LogP contribution in [0.15, 0.2) is 58.3 Å². The fourth-order valence-corrected chi connectivity index (χ4v) is 6.08. The minimum absolute atomic E-state index is 0.0594. The van der Waals surface area contributed by atoms with Crippen LogP contribution in [-0.2, 0) is 10.2 Å². The first-order chi connectivity index (χ1) is 13.8. The highest BCUT2D eigenvalue weighted by Crippen LogP contribution is 2.44. The van der Waals surface area contributed by atoms with Crippen LogP contribution in [0.4, 0.5) is 5.13 Å². The first-order valence-electron chi connectivity index (χ1n) is 9.30. The smallest absolute Gasteiger partial charge is 0.237 e. The van der Waals surface area contributed by atoms with E-state index in [4.69, 9.17) is 0 Å². The molecule has 0 spiro atoms. The molecule has 1 aromatic carbocycles. The van der Waals surface area contributed by atoms with Crippen LogP contribution in [-0.4, -0.2) is 21.9 Å². The van der Waals surface area contributed by atoms with Crippen molar-refractivity contribution >= 4 is 51.6 Å². The maximum atomic E-state index is 13.1. The number of hydrogen-bond donors (Lipinski definition) is 1. The quantitative estimate of drug-likeness (QED) is 0.379. The van der Waals surface area contributed by atoms with E-state index in [0.29, 0.717) is 5.13 Å². The Labute approximate surface area is 177 Å². The summed E-state index contributed by atoms with van der Waals surface area (Å²) in [5, 5.41) is 14.0. The Morgan fingerprint density at radius 3 is 2.71 bits per heavy atom. The van der Waals surface area contributed by atoms with Gasteiger partial charge in [0.2, 0.25) is 11.0 Å². The molecule has 28 heavy (non-hydrogen) atoms. The zero-order valence-electron chi connectivity index (χ0n) is 15.3. The van der Waals surface area contributed by atoms with Gasteiger partial charge in [0.15, 0.2) is 4.34 Å². The summed E-state index contributed by atoms with van der Waals surface area (Å²) in [7, 11) is 0. The van der Waals surface area contributed by atoms with Crippen LogP contribution in [0.3, 0.4) is 0 Å². The van der Waals surface area contributed by atoms with Gasteiger partial charge in [-0.1, -0.05) is 84.5 Å². The number of benzene rings is 1. The normalized spacial score (nSPS) is 15.9. The van der Waals surface area contributed by atoms with Crippen LogP contribution in [0.25, 0.3) is 6.08 Å². The lowest BCUT2D eigenvalue weighted by Gasteiger charge is -2.25. The summed E-state index contributed by atoms with van der Waals surface area (Å²) >= 11 is 4.74. The van der Waals surface area contributed by atoms with E-state index in [9.17, 15) is 4.79 Å². The van der Waals surface area contributed by atoms with Gasteiger partial charge >= 0.3 is 0 Å². The van der Waals surface area contributed by atoms with Gasteiger partial charge in [0.25, 0.3) is 0 Å². The second-order valence-corrected chi connectivity index (χ2v) is 9.91. The summed E-state index contributed by atoms with van der Waals surface area (Å²) < 4.78 is 0.865. The van der Waals surface area contributed by atoms with Gasteiger partial charge in [-0.05, 0) is 29.9 Å².